The van der Waals surface area contributed by atoms with Crippen LogP contribution in [0.2, 0.25) is 0 Å². The zero-order chi connectivity index (χ0) is 13.2. The van der Waals surface area contributed by atoms with Gasteiger partial charge in [0, 0.05) is 16.7 Å². The van der Waals surface area contributed by atoms with Crippen molar-refractivity contribution in [1.29, 1.82) is 0 Å². The van der Waals surface area contributed by atoms with Crippen LogP contribution < -0.4 is 0 Å². The summed E-state index contributed by atoms with van der Waals surface area (Å²) in [5.41, 5.74) is 1.47. The van der Waals surface area contributed by atoms with E-state index in [0.29, 0.717) is 5.25 Å². The van der Waals surface area contributed by atoms with Gasteiger partial charge in [-0.05, 0) is 44.0 Å². The predicted molar refractivity (Wildman–Crippen MR) is 76.6 cm³/mol. The highest BCUT2D eigenvalue weighted by molar-refractivity contribution is 8.00. The molecule has 0 aromatic heterocycles. The van der Waals surface area contributed by atoms with E-state index in [4.69, 9.17) is 5.11 Å². The van der Waals surface area contributed by atoms with Crippen LogP contribution in [-0.4, -0.2) is 40.9 Å². The third kappa shape index (κ3) is 2.95. The van der Waals surface area contributed by atoms with E-state index in [9.17, 15) is 4.79 Å². The number of thioether (sulfide) groups is 1. The van der Waals surface area contributed by atoms with Crippen molar-refractivity contribution in [3.05, 3.63) is 29.8 Å². The SMILES string of the molecule is O=C(O)C1CCN(CC2Cc3ccccc3S2)CC1. The summed E-state index contributed by atoms with van der Waals surface area (Å²) in [5, 5.41) is 9.64. The van der Waals surface area contributed by atoms with Gasteiger partial charge in [0.15, 0.2) is 0 Å². The number of carbonyl (C=O) groups is 1. The van der Waals surface area contributed by atoms with Crippen LogP contribution in [0.15, 0.2) is 29.2 Å². The largest absolute Gasteiger partial charge is 0.481 e. The second-order valence-electron chi connectivity index (χ2n) is 5.46. The predicted octanol–water partition coefficient (Wildman–Crippen LogP) is 2.50. The van der Waals surface area contributed by atoms with Gasteiger partial charge in [0.2, 0.25) is 0 Å². The Hall–Kier alpha value is -1.00. The second-order valence-corrected chi connectivity index (χ2v) is 6.81. The van der Waals surface area contributed by atoms with E-state index in [1.54, 1.807) is 0 Å². The van der Waals surface area contributed by atoms with Crippen molar-refractivity contribution < 1.29 is 9.90 Å². The van der Waals surface area contributed by atoms with Gasteiger partial charge in [0.05, 0.1) is 5.92 Å². The van der Waals surface area contributed by atoms with Crippen LogP contribution in [0.1, 0.15) is 18.4 Å². The number of carboxylic acid groups (broad SMARTS) is 1. The molecule has 3 nitrogen and oxygen atoms in total. The molecule has 1 fully saturated rings. The first-order valence-electron chi connectivity index (χ1n) is 6.92. The average Bonchev–Trinajstić information content (AvgIpc) is 2.81. The minimum Gasteiger partial charge on any atom is -0.481 e. The maximum atomic E-state index is 10.9. The molecule has 1 saturated heterocycles. The van der Waals surface area contributed by atoms with Crippen LogP contribution in [-0.2, 0) is 11.2 Å². The molecule has 2 aliphatic rings. The van der Waals surface area contributed by atoms with Gasteiger partial charge in [0.1, 0.15) is 0 Å². The number of hydrogen-bond donors (Lipinski definition) is 1. The molecule has 0 amide bonds. The van der Waals surface area contributed by atoms with Crippen molar-refractivity contribution in [2.75, 3.05) is 19.6 Å². The monoisotopic (exact) mass is 277 g/mol. The molecule has 0 saturated carbocycles. The Morgan fingerprint density at radius 3 is 2.74 bits per heavy atom. The highest BCUT2D eigenvalue weighted by Gasteiger charge is 2.28. The minimum atomic E-state index is -0.623. The van der Waals surface area contributed by atoms with E-state index in [1.165, 1.54) is 10.5 Å². The van der Waals surface area contributed by atoms with Gasteiger partial charge in [-0.25, -0.2) is 0 Å². The molecule has 1 N–H and O–H groups in total. The molecule has 0 aliphatic carbocycles. The van der Waals surface area contributed by atoms with E-state index >= 15 is 0 Å². The first-order valence-corrected chi connectivity index (χ1v) is 7.80. The highest BCUT2D eigenvalue weighted by atomic mass is 32.2. The number of hydrogen-bond acceptors (Lipinski definition) is 3. The van der Waals surface area contributed by atoms with Crippen LogP contribution in [0.5, 0.6) is 0 Å². The first-order chi connectivity index (χ1) is 9.22. The summed E-state index contributed by atoms with van der Waals surface area (Å²) in [5.74, 6) is -0.744. The Bertz CT molecular complexity index is 444. The molecule has 102 valence electrons. The minimum absolute atomic E-state index is 0.121. The molecule has 0 radical (unpaired) electrons. The van der Waals surface area contributed by atoms with Crippen molar-refractivity contribution >= 4 is 17.7 Å². The number of carboxylic acids is 1. The number of fused-ring (bicyclic) bond motifs is 1. The van der Waals surface area contributed by atoms with E-state index in [1.807, 2.05) is 11.8 Å². The fourth-order valence-corrected chi connectivity index (χ4v) is 4.37. The van der Waals surface area contributed by atoms with Gasteiger partial charge >= 0.3 is 5.97 Å². The molecule has 1 unspecified atom stereocenters. The quantitative estimate of drug-likeness (QED) is 0.921. The third-order valence-corrected chi connectivity index (χ3v) is 5.41. The molecule has 0 bridgehead atoms. The molecule has 19 heavy (non-hydrogen) atoms. The van der Waals surface area contributed by atoms with Crippen molar-refractivity contribution in [3.63, 3.8) is 0 Å². The van der Waals surface area contributed by atoms with Gasteiger partial charge in [-0.15, -0.1) is 11.8 Å². The van der Waals surface area contributed by atoms with Crippen LogP contribution in [0.25, 0.3) is 0 Å². The van der Waals surface area contributed by atoms with E-state index in [2.05, 4.69) is 29.2 Å². The Kier molecular flexibility index (Phi) is 3.80. The Morgan fingerprint density at radius 2 is 2.05 bits per heavy atom. The lowest BCUT2D eigenvalue weighted by atomic mass is 9.97. The number of rotatable bonds is 3. The summed E-state index contributed by atoms with van der Waals surface area (Å²) < 4.78 is 0. The normalized spacial score (nSPS) is 24.3. The standard InChI is InChI=1S/C15H19NO2S/c17-15(18)11-5-7-16(8-6-11)10-13-9-12-3-1-2-4-14(12)19-13/h1-4,11,13H,5-10H2,(H,17,18). The van der Waals surface area contributed by atoms with Crippen LogP contribution in [0, 0.1) is 5.92 Å². The molecule has 0 spiro atoms. The highest BCUT2D eigenvalue weighted by Crippen LogP contribution is 2.37. The van der Waals surface area contributed by atoms with Gasteiger partial charge < -0.3 is 10.0 Å². The lowest BCUT2D eigenvalue weighted by Gasteiger charge is -2.31. The molecule has 1 aromatic rings. The van der Waals surface area contributed by atoms with Gasteiger partial charge in [0.25, 0.3) is 0 Å². The molecular formula is C15H19NO2S. The number of aliphatic carboxylic acids is 1. The van der Waals surface area contributed by atoms with Gasteiger partial charge in [-0.2, -0.15) is 0 Å². The van der Waals surface area contributed by atoms with Crippen molar-refractivity contribution in [2.45, 2.75) is 29.4 Å². The smallest absolute Gasteiger partial charge is 0.306 e. The number of likely N-dealkylation sites (tertiary alicyclic amines) is 1. The van der Waals surface area contributed by atoms with Gasteiger partial charge in [-0.3, -0.25) is 4.79 Å². The molecule has 2 heterocycles. The fraction of sp³-hybridized carbons (Fsp3) is 0.533. The van der Waals surface area contributed by atoms with Crippen LogP contribution in [0.4, 0.5) is 0 Å². The molecule has 4 heteroatoms. The Balaban J connectivity index is 1.51. The Labute approximate surface area is 118 Å². The van der Waals surface area contributed by atoms with Gasteiger partial charge in [-0.1, -0.05) is 18.2 Å². The summed E-state index contributed by atoms with van der Waals surface area (Å²) in [6.07, 6.45) is 2.76. The summed E-state index contributed by atoms with van der Waals surface area (Å²) >= 11 is 1.98. The summed E-state index contributed by atoms with van der Waals surface area (Å²) in [6.45, 7) is 2.96. The summed E-state index contributed by atoms with van der Waals surface area (Å²) in [7, 11) is 0. The molecular weight excluding hydrogens is 258 g/mol. The van der Waals surface area contributed by atoms with Crippen molar-refractivity contribution in [3.8, 4) is 0 Å². The van der Waals surface area contributed by atoms with Crippen molar-refractivity contribution in [2.24, 2.45) is 5.92 Å². The van der Waals surface area contributed by atoms with E-state index < -0.39 is 5.97 Å². The number of benzene rings is 1. The molecule has 2 aliphatic heterocycles. The first kappa shape index (κ1) is 13.0. The second kappa shape index (κ2) is 5.55. The van der Waals surface area contributed by atoms with Crippen LogP contribution >= 0.6 is 11.8 Å². The zero-order valence-corrected chi connectivity index (χ0v) is 11.7. The molecule has 3 rings (SSSR count). The fourth-order valence-electron chi connectivity index (χ4n) is 3.01. The van der Waals surface area contributed by atoms with E-state index in [0.717, 1.165) is 38.9 Å². The molecule has 1 atom stereocenters. The zero-order valence-electron chi connectivity index (χ0n) is 10.9. The topological polar surface area (TPSA) is 40.5 Å². The van der Waals surface area contributed by atoms with Crippen LogP contribution in [0.3, 0.4) is 0 Å². The summed E-state index contributed by atoms with van der Waals surface area (Å²) in [4.78, 5) is 14.8. The van der Waals surface area contributed by atoms with E-state index in [-0.39, 0.29) is 5.92 Å². The molecule has 1 aromatic carbocycles. The lowest BCUT2D eigenvalue weighted by Crippen LogP contribution is -2.39. The maximum absolute atomic E-state index is 10.9. The average molecular weight is 277 g/mol. The summed E-state index contributed by atoms with van der Waals surface area (Å²) in [6, 6.07) is 8.64. The lowest BCUT2D eigenvalue weighted by molar-refractivity contribution is -0.143. The third-order valence-electron chi connectivity index (χ3n) is 4.11. The number of nitrogens with zero attached hydrogens (tertiary/aromatic N) is 1. The van der Waals surface area contributed by atoms with Crippen molar-refractivity contribution in [1.82, 2.24) is 4.90 Å². The number of piperidine rings is 1. The maximum Gasteiger partial charge on any atom is 0.306 e. The Morgan fingerprint density at radius 1 is 1.32 bits per heavy atom.